The van der Waals surface area contributed by atoms with Crippen LogP contribution in [-0.2, 0) is 23.9 Å². The SMILES string of the molecule is C=C(C)[C@@H]1CC[C@]2(CC(=O)N3CCC[C@H]3CNC(C)=O)CC[C@]3(C)[C@H](CC[C@@H]4[C@@]5(C)CC[C@H](OC(=O)CC(C)(C)C(=O)O)C(C)(C)[C@@H]5CC[C@]43C)[C@@H]12. The molecule has 2 N–H and O–H groups in total. The quantitative estimate of drug-likeness (QED) is 0.182. The van der Waals surface area contributed by atoms with Gasteiger partial charge in [-0.05, 0) is 149 Å². The van der Waals surface area contributed by atoms with E-state index < -0.39 is 17.4 Å². The number of nitrogens with one attached hydrogen (secondary N) is 1. The van der Waals surface area contributed by atoms with Crippen LogP contribution >= 0.6 is 0 Å². The molecule has 6 fully saturated rings. The van der Waals surface area contributed by atoms with E-state index in [1.165, 1.54) is 18.4 Å². The van der Waals surface area contributed by atoms with Crippen LogP contribution in [0.2, 0.25) is 0 Å². The van der Waals surface area contributed by atoms with Crippen LogP contribution in [0.5, 0.6) is 0 Å². The average Bonchev–Trinajstić information content (AvgIpc) is 3.67. The number of allylic oxidation sites excluding steroid dienone is 1. The van der Waals surface area contributed by atoms with Crippen molar-refractivity contribution in [3.8, 4) is 0 Å². The summed E-state index contributed by atoms with van der Waals surface area (Å²) in [6.45, 7) is 25.3. The van der Waals surface area contributed by atoms with Crippen molar-refractivity contribution in [3.05, 3.63) is 12.2 Å². The zero-order valence-electron chi connectivity index (χ0n) is 34.0. The molecule has 6 aliphatic rings. The second-order valence-electron chi connectivity index (χ2n) is 20.7. The number of carboxylic acid groups (broad SMARTS) is 1. The van der Waals surface area contributed by atoms with Gasteiger partial charge in [-0.25, -0.2) is 0 Å². The van der Waals surface area contributed by atoms with Crippen molar-refractivity contribution in [2.24, 2.45) is 62.1 Å². The standard InChI is InChI=1S/C44H70N2O6/c1-27(2)30-15-20-44(24-35(48)46-23-11-12-29(46)26-45-28(3)47)22-21-42(9)31(37(30)44)13-14-33-41(8)18-17-34(52-36(49)25-39(4,5)38(50)51)40(6,7)32(41)16-19-43(33,42)10/h29-34,37H,1,11-26H2,2-10H3,(H,45,47)(H,50,51)/t29-,30-,31+,32-,33+,34-,37+,41-,42+,43+,44+/m0/s1. The van der Waals surface area contributed by atoms with Crippen LogP contribution in [0.1, 0.15) is 152 Å². The van der Waals surface area contributed by atoms with Gasteiger partial charge in [0, 0.05) is 37.9 Å². The fraction of sp³-hybridized carbons (Fsp3) is 0.864. The van der Waals surface area contributed by atoms with Gasteiger partial charge in [-0.1, -0.05) is 46.8 Å². The van der Waals surface area contributed by atoms with Gasteiger partial charge in [0.2, 0.25) is 11.8 Å². The van der Waals surface area contributed by atoms with Crippen molar-refractivity contribution in [2.45, 2.75) is 164 Å². The zero-order valence-corrected chi connectivity index (χ0v) is 34.0. The Bertz CT molecular complexity index is 1470. The minimum atomic E-state index is -1.15. The normalized spacial score (nSPS) is 42.2. The Balaban J connectivity index is 1.24. The summed E-state index contributed by atoms with van der Waals surface area (Å²) < 4.78 is 6.19. The van der Waals surface area contributed by atoms with Crippen LogP contribution in [0.15, 0.2) is 12.2 Å². The van der Waals surface area contributed by atoms with E-state index in [2.05, 4.69) is 58.3 Å². The van der Waals surface area contributed by atoms with E-state index in [-0.39, 0.29) is 51.5 Å². The highest BCUT2D eigenvalue weighted by Crippen LogP contribution is 2.78. The maximum atomic E-state index is 14.3. The van der Waals surface area contributed by atoms with E-state index in [4.69, 9.17) is 4.74 Å². The third-order valence-electron chi connectivity index (χ3n) is 17.4. The maximum absolute atomic E-state index is 14.3. The van der Waals surface area contributed by atoms with Crippen molar-refractivity contribution in [2.75, 3.05) is 13.1 Å². The molecule has 2 amide bonds. The van der Waals surface area contributed by atoms with E-state index in [1.54, 1.807) is 20.8 Å². The Labute approximate surface area is 314 Å². The van der Waals surface area contributed by atoms with Crippen molar-refractivity contribution in [3.63, 3.8) is 0 Å². The molecule has 6 rings (SSSR count). The molecule has 11 atom stereocenters. The summed E-state index contributed by atoms with van der Waals surface area (Å²) in [6, 6.07) is 0.100. The second kappa shape index (κ2) is 13.4. The molecule has 0 bridgehead atoms. The molecule has 5 aliphatic carbocycles. The number of nitrogens with zero attached hydrogens (tertiary/aromatic N) is 1. The molecular formula is C44H70N2O6. The number of fused-ring (bicyclic) bond motifs is 7. The van der Waals surface area contributed by atoms with Crippen LogP contribution in [-0.4, -0.2) is 59.0 Å². The smallest absolute Gasteiger partial charge is 0.309 e. The van der Waals surface area contributed by atoms with E-state index >= 15 is 0 Å². The third kappa shape index (κ3) is 6.16. The van der Waals surface area contributed by atoms with Crippen LogP contribution in [0.3, 0.4) is 0 Å². The molecule has 0 spiro atoms. The molecule has 1 heterocycles. The van der Waals surface area contributed by atoms with Crippen LogP contribution < -0.4 is 5.32 Å². The minimum absolute atomic E-state index is 0.00938. The summed E-state index contributed by atoms with van der Waals surface area (Å²) in [6.07, 6.45) is 13.3. The number of hydrogen-bond donors (Lipinski definition) is 2. The number of likely N-dealkylation sites (tertiary alicyclic amines) is 1. The minimum Gasteiger partial charge on any atom is -0.481 e. The first-order chi connectivity index (χ1) is 24.1. The van der Waals surface area contributed by atoms with Crippen molar-refractivity contribution < 1.29 is 29.0 Å². The molecular weight excluding hydrogens is 652 g/mol. The monoisotopic (exact) mass is 723 g/mol. The number of ether oxygens (including phenoxy) is 1. The molecule has 5 saturated carbocycles. The number of carbonyl (C=O) groups is 4. The van der Waals surface area contributed by atoms with Gasteiger partial charge in [-0.2, -0.15) is 0 Å². The first-order valence-corrected chi connectivity index (χ1v) is 20.8. The summed E-state index contributed by atoms with van der Waals surface area (Å²) in [7, 11) is 0. The molecule has 8 heteroatoms. The topological polar surface area (TPSA) is 113 Å². The number of carbonyl (C=O) groups excluding carboxylic acids is 3. The molecule has 1 aliphatic heterocycles. The third-order valence-corrected chi connectivity index (χ3v) is 17.4. The van der Waals surface area contributed by atoms with Gasteiger partial charge < -0.3 is 20.1 Å². The molecule has 0 unspecified atom stereocenters. The number of carboxylic acids is 1. The van der Waals surface area contributed by atoms with Gasteiger partial charge in [-0.3, -0.25) is 19.2 Å². The molecule has 0 aromatic carbocycles. The van der Waals surface area contributed by atoms with Crippen LogP contribution in [0.25, 0.3) is 0 Å². The van der Waals surface area contributed by atoms with Gasteiger partial charge in [0.1, 0.15) is 6.10 Å². The number of rotatable bonds is 9. The highest BCUT2D eigenvalue weighted by molar-refractivity contribution is 5.81. The predicted molar refractivity (Wildman–Crippen MR) is 203 cm³/mol. The number of aliphatic carboxylic acids is 1. The highest BCUT2D eigenvalue weighted by Gasteiger charge is 2.71. The number of hydrogen-bond acceptors (Lipinski definition) is 5. The lowest BCUT2D eigenvalue weighted by Gasteiger charge is -2.73. The maximum Gasteiger partial charge on any atom is 0.309 e. The molecule has 0 radical (unpaired) electrons. The molecule has 8 nitrogen and oxygen atoms in total. The molecule has 52 heavy (non-hydrogen) atoms. The summed E-state index contributed by atoms with van der Waals surface area (Å²) >= 11 is 0. The summed E-state index contributed by atoms with van der Waals surface area (Å²) in [5.74, 6) is 1.34. The summed E-state index contributed by atoms with van der Waals surface area (Å²) in [5.41, 5.74) is 0.400. The lowest BCUT2D eigenvalue weighted by Crippen LogP contribution is -2.67. The second-order valence-corrected chi connectivity index (χ2v) is 20.7. The van der Waals surface area contributed by atoms with E-state index in [9.17, 15) is 24.3 Å². The fourth-order valence-corrected chi connectivity index (χ4v) is 14.5. The summed E-state index contributed by atoms with van der Waals surface area (Å²) in [4.78, 5) is 53.0. The molecule has 0 aromatic rings. The van der Waals surface area contributed by atoms with Crippen LogP contribution in [0.4, 0.5) is 0 Å². The van der Waals surface area contributed by atoms with Gasteiger partial charge in [0.05, 0.1) is 11.8 Å². The van der Waals surface area contributed by atoms with Gasteiger partial charge in [0.15, 0.2) is 0 Å². The van der Waals surface area contributed by atoms with E-state index in [0.717, 1.165) is 70.8 Å². The van der Waals surface area contributed by atoms with Crippen LogP contribution in [0, 0.1) is 62.1 Å². The van der Waals surface area contributed by atoms with E-state index in [0.29, 0.717) is 48.5 Å². The number of amides is 2. The molecule has 1 saturated heterocycles. The predicted octanol–water partition coefficient (Wildman–Crippen LogP) is 8.57. The van der Waals surface area contributed by atoms with Crippen molar-refractivity contribution in [1.29, 1.82) is 0 Å². The van der Waals surface area contributed by atoms with Crippen molar-refractivity contribution >= 4 is 23.8 Å². The lowest BCUT2D eigenvalue weighted by atomic mass is 9.32. The molecule has 0 aromatic heterocycles. The number of esters is 1. The Morgan fingerprint density at radius 1 is 0.865 bits per heavy atom. The Morgan fingerprint density at radius 3 is 2.23 bits per heavy atom. The average molecular weight is 723 g/mol. The van der Waals surface area contributed by atoms with Gasteiger partial charge in [-0.15, -0.1) is 0 Å². The zero-order chi connectivity index (χ0) is 38.2. The van der Waals surface area contributed by atoms with Gasteiger partial charge >= 0.3 is 11.9 Å². The Kier molecular flexibility index (Phi) is 10.2. The fourth-order valence-electron chi connectivity index (χ4n) is 14.5. The largest absolute Gasteiger partial charge is 0.481 e. The highest BCUT2D eigenvalue weighted by atomic mass is 16.5. The van der Waals surface area contributed by atoms with Crippen molar-refractivity contribution in [1.82, 2.24) is 10.2 Å². The first kappa shape index (κ1) is 39.3. The lowest BCUT2D eigenvalue weighted by molar-refractivity contribution is -0.250. The Hall–Kier alpha value is -2.38. The van der Waals surface area contributed by atoms with E-state index in [1.807, 2.05) is 0 Å². The van der Waals surface area contributed by atoms with Gasteiger partial charge in [0.25, 0.3) is 0 Å². The summed E-state index contributed by atoms with van der Waals surface area (Å²) in [5, 5.41) is 12.6. The molecule has 292 valence electrons. The Morgan fingerprint density at radius 2 is 1.58 bits per heavy atom. The first-order valence-electron chi connectivity index (χ1n) is 20.8.